The number of thiol groups is 1. The zero-order valence-corrected chi connectivity index (χ0v) is 17.5. The van der Waals surface area contributed by atoms with Gasteiger partial charge < -0.3 is 4.74 Å². The second-order valence-corrected chi connectivity index (χ2v) is 7.48. The van der Waals surface area contributed by atoms with Crippen LogP contribution in [0.15, 0.2) is 48.5 Å². The molecule has 28 heavy (non-hydrogen) atoms. The van der Waals surface area contributed by atoms with Gasteiger partial charge in [-0.25, -0.2) is 0 Å². The van der Waals surface area contributed by atoms with Crippen LogP contribution in [0.3, 0.4) is 0 Å². The molecule has 0 bridgehead atoms. The van der Waals surface area contributed by atoms with E-state index in [1.807, 2.05) is 36.4 Å². The summed E-state index contributed by atoms with van der Waals surface area (Å²) in [6.07, 6.45) is 14.4. The van der Waals surface area contributed by atoms with E-state index in [2.05, 4.69) is 43.0 Å². The lowest BCUT2D eigenvalue weighted by Gasteiger charge is -2.06. The highest BCUT2D eigenvalue weighted by molar-refractivity contribution is 7.80. The van der Waals surface area contributed by atoms with E-state index < -0.39 is 0 Å². The monoisotopic (exact) mass is 393 g/mol. The Bertz CT molecular complexity index is 729. The first kappa shape index (κ1) is 22.1. The van der Waals surface area contributed by atoms with Crippen molar-refractivity contribution in [2.75, 3.05) is 12.4 Å². The molecule has 0 aliphatic heterocycles. The van der Waals surface area contributed by atoms with Crippen LogP contribution in [-0.2, 0) is 0 Å². The molecule has 0 saturated carbocycles. The van der Waals surface area contributed by atoms with E-state index in [-0.39, 0.29) is 0 Å². The van der Waals surface area contributed by atoms with Gasteiger partial charge in [0.05, 0.1) is 18.2 Å². The molecule has 148 valence electrons. The van der Waals surface area contributed by atoms with Gasteiger partial charge in [0.2, 0.25) is 0 Å². The van der Waals surface area contributed by atoms with Gasteiger partial charge in [0.1, 0.15) is 5.75 Å². The standard InChI is InChI=1S/C25H31NOS/c26-21-24-13-11-22(12-14-24)9-10-23-15-17-25(18-16-23)27-19-7-5-3-1-2-4-6-8-20-28/h9-18,28H,1-8,19-20H2/b10-9-. The third-order valence-corrected chi connectivity index (χ3v) is 5.03. The predicted octanol–water partition coefficient (Wildman–Crippen LogP) is 7.16. The summed E-state index contributed by atoms with van der Waals surface area (Å²) >= 11 is 4.24. The van der Waals surface area contributed by atoms with Crippen LogP contribution in [0.4, 0.5) is 0 Å². The van der Waals surface area contributed by atoms with Gasteiger partial charge in [0.15, 0.2) is 0 Å². The average molecular weight is 394 g/mol. The summed E-state index contributed by atoms with van der Waals surface area (Å²) in [5.74, 6) is 1.95. The summed E-state index contributed by atoms with van der Waals surface area (Å²) in [5, 5.41) is 8.83. The first-order valence-corrected chi connectivity index (χ1v) is 11.0. The van der Waals surface area contributed by atoms with E-state index >= 15 is 0 Å². The van der Waals surface area contributed by atoms with E-state index in [9.17, 15) is 0 Å². The fourth-order valence-corrected chi connectivity index (χ4v) is 3.22. The summed E-state index contributed by atoms with van der Waals surface area (Å²) in [4.78, 5) is 0. The molecule has 2 aromatic carbocycles. The lowest BCUT2D eigenvalue weighted by atomic mass is 10.1. The lowest BCUT2D eigenvalue weighted by Crippen LogP contribution is -1.97. The highest BCUT2D eigenvalue weighted by Crippen LogP contribution is 2.16. The smallest absolute Gasteiger partial charge is 0.119 e. The number of hydrogen-bond donors (Lipinski definition) is 1. The van der Waals surface area contributed by atoms with Crippen molar-refractivity contribution in [3.63, 3.8) is 0 Å². The molecule has 0 unspecified atom stereocenters. The highest BCUT2D eigenvalue weighted by atomic mass is 32.1. The van der Waals surface area contributed by atoms with Gasteiger partial charge in [-0.2, -0.15) is 17.9 Å². The summed E-state index contributed by atoms with van der Waals surface area (Å²) in [7, 11) is 0. The van der Waals surface area contributed by atoms with Crippen molar-refractivity contribution < 1.29 is 4.74 Å². The van der Waals surface area contributed by atoms with Crippen molar-refractivity contribution in [1.29, 1.82) is 5.26 Å². The van der Waals surface area contributed by atoms with Crippen LogP contribution in [-0.4, -0.2) is 12.4 Å². The molecule has 0 amide bonds. The minimum Gasteiger partial charge on any atom is -0.494 e. The molecule has 2 nitrogen and oxygen atoms in total. The normalized spacial score (nSPS) is 10.9. The number of benzene rings is 2. The molecule has 0 atom stereocenters. The number of ether oxygens (including phenoxy) is 1. The van der Waals surface area contributed by atoms with Gasteiger partial charge in [-0.3, -0.25) is 0 Å². The van der Waals surface area contributed by atoms with Crippen LogP contribution in [0.1, 0.15) is 68.1 Å². The summed E-state index contributed by atoms with van der Waals surface area (Å²) in [5.41, 5.74) is 2.90. The third kappa shape index (κ3) is 9.15. The van der Waals surface area contributed by atoms with E-state index in [0.717, 1.165) is 35.7 Å². The van der Waals surface area contributed by atoms with Crippen LogP contribution < -0.4 is 4.74 Å². The molecule has 0 saturated heterocycles. The van der Waals surface area contributed by atoms with Crippen molar-refractivity contribution in [3.05, 3.63) is 65.2 Å². The molecular weight excluding hydrogens is 362 g/mol. The van der Waals surface area contributed by atoms with Crippen LogP contribution in [0.5, 0.6) is 5.75 Å². The van der Waals surface area contributed by atoms with Crippen molar-refractivity contribution in [3.8, 4) is 11.8 Å². The first-order valence-electron chi connectivity index (χ1n) is 10.3. The first-order chi connectivity index (χ1) is 13.8. The maximum absolute atomic E-state index is 8.83. The number of rotatable bonds is 13. The summed E-state index contributed by atoms with van der Waals surface area (Å²) < 4.78 is 5.85. The largest absolute Gasteiger partial charge is 0.494 e. The summed E-state index contributed by atoms with van der Waals surface area (Å²) in [6.45, 7) is 0.792. The Hall–Kier alpha value is -2.18. The van der Waals surface area contributed by atoms with E-state index in [4.69, 9.17) is 10.00 Å². The zero-order chi connectivity index (χ0) is 19.9. The Labute approximate surface area is 175 Å². The minimum absolute atomic E-state index is 0.683. The maximum atomic E-state index is 8.83. The topological polar surface area (TPSA) is 33.0 Å². The van der Waals surface area contributed by atoms with Crippen LogP contribution in [0, 0.1) is 11.3 Å². The Morgan fingerprint density at radius 1 is 0.714 bits per heavy atom. The average Bonchev–Trinajstić information content (AvgIpc) is 2.75. The molecule has 2 aromatic rings. The van der Waals surface area contributed by atoms with Gasteiger partial charge in [-0.1, -0.05) is 74.9 Å². The molecule has 2 rings (SSSR count). The number of hydrogen-bond acceptors (Lipinski definition) is 3. The van der Waals surface area contributed by atoms with Crippen molar-refractivity contribution in [2.24, 2.45) is 0 Å². The van der Waals surface area contributed by atoms with Crippen molar-refractivity contribution in [2.45, 2.75) is 51.4 Å². The Morgan fingerprint density at radius 2 is 1.21 bits per heavy atom. The van der Waals surface area contributed by atoms with Crippen LogP contribution in [0.25, 0.3) is 12.2 Å². The van der Waals surface area contributed by atoms with Crippen LogP contribution in [0.2, 0.25) is 0 Å². The molecule has 0 aliphatic carbocycles. The number of nitrogens with zero attached hydrogens (tertiary/aromatic N) is 1. The van der Waals surface area contributed by atoms with Gasteiger partial charge in [0.25, 0.3) is 0 Å². The predicted molar refractivity (Wildman–Crippen MR) is 123 cm³/mol. The molecule has 0 aliphatic rings. The molecular formula is C25H31NOS. The quantitative estimate of drug-likeness (QED) is 0.222. The molecule has 0 spiro atoms. The number of unbranched alkanes of at least 4 members (excludes halogenated alkanes) is 7. The molecule has 3 heteroatoms. The SMILES string of the molecule is N#Cc1ccc(/C=C\c2ccc(OCCCCCCCCCCS)cc2)cc1. The number of nitriles is 1. The lowest BCUT2D eigenvalue weighted by molar-refractivity contribution is 0.304. The Kier molecular flexibility index (Phi) is 11.0. The minimum atomic E-state index is 0.683. The third-order valence-electron chi connectivity index (χ3n) is 4.71. The molecule has 0 radical (unpaired) electrons. The second-order valence-electron chi connectivity index (χ2n) is 7.04. The molecule has 0 fully saturated rings. The molecule has 0 N–H and O–H groups in total. The molecule has 0 heterocycles. The summed E-state index contributed by atoms with van der Waals surface area (Å²) in [6, 6.07) is 17.9. The van der Waals surface area contributed by atoms with Gasteiger partial charge in [0, 0.05) is 0 Å². The highest BCUT2D eigenvalue weighted by Gasteiger charge is 1.96. The van der Waals surface area contributed by atoms with Gasteiger partial charge >= 0.3 is 0 Å². The molecule has 0 aromatic heterocycles. The maximum Gasteiger partial charge on any atom is 0.119 e. The fourth-order valence-electron chi connectivity index (χ4n) is 3.00. The van der Waals surface area contributed by atoms with Crippen LogP contribution >= 0.6 is 12.6 Å². The Morgan fingerprint density at radius 3 is 1.75 bits per heavy atom. The van der Waals surface area contributed by atoms with E-state index in [1.165, 1.54) is 44.9 Å². The van der Waals surface area contributed by atoms with Gasteiger partial charge in [-0.15, -0.1) is 0 Å². The van der Waals surface area contributed by atoms with Crippen molar-refractivity contribution in [1.82, 2.24) is 0 Å². The fraction of sp³-hybridized carbons (Fsp3) is 0.400. The second kappa shape index (κ2) is 13.9. The van der Waals surface area contributed by atoms with E-state index in [1.54, 1.807) is 0 Å². The Balaban J connectivity index is 1.60. The zero-order valence-electron chi connectivity index (χ0n) is 16.6. The van der Waals surface area contributed by atoms with Crippen molar-refractivity contribution >= 4 is 24.8 Å². The van der Waals surface area contributed by atoms with Gasteiger partial charge in [-0.05, 0) is 54.0 Å². The van der Waals surface area contributed by atoms with E-state index in [0.29, 0.717) is 5.56 Å².